The van der Waals surface area contributed by atoms with E-state index in [1.54, 1.807) is 7.11 Å². The van der Waals surface area contributed by atoms with Crippen molar-refractivity contribution in [3.05, 3.63) is 58.7 Å². The van der Waals surface area contributed by atoms with Crippen LogP contribution in [0.25, 0.3) is 5.69 Å². The number of aromatic nitrogens is 4. The summed E-state index contributed by atoms with van der Waals surface area (Å²) >= 11 is 0. The summed E-state index contributed by atoms with van der Waals surface area (Å²) in [6.45, 7) is 12.8. The van der Waals surface area contributed by atoms with Gasteiger partial charge in [0, 0.05) is 41.6 Å². The largest absolute Gasteiger partial charge is 0.497 e. The Labute approximate surface area is 179 Å². The monoisotopic (exact) mass is 407 g/mol. The predicted molar refractivity (Wildman–Crippen MR) is 119 cm³/mol. The van der Waals surface area contributed by atoms with Gasteiger partial charge < -0.3 is 10.1 Å². The first-order valence-electron chi connectivity index (χ1n) is 10.8. The fourth-order valence-corrected chi connectivity index (χ4v) is 4.69. The molecule has 0 saturated carbocycles. The van der Waals surface area contributed by atoms with Crippen molar-refractivity contribution in [2.24, 2.45) is 5.41 Å². The molecule has 0 spiro atoms. The van der Waals surface area contributed by atoms with Gasteiger partial charge in [-0.15, -0.1) is 0 Å². The van der Waals surface area contributed by atoms with Crippen molar-refractivity contribution in [1.29, 1.82) is 0 Å². The van der Waals surface area contributed by atoms with Gasteiger partial charge in [-0.05, 0) is 63.3 Å². The lowest BCUT2D eigenvalue weighted by molar-refractivity contribution is 0.252. The van der Waals surface area contributed by atoms with E-state index in [2.05, 4.69) is 66.5 Å². The topological polar surface area (TPSA) is 56.9 Å². The number of rotatable bonds is 6. The van der Waals surface area contributed by atoms with Gasteiger partial charge in [0.05, 0.1) is 24.7 Å². The van der Waals surface area contributed by atoms with Crippen LogP contribution in [0.4, 0.5) is 0 Å². The molecule has 6 nitrogen and oxygen atoms in total. The molecule has 0 fully saturated rings. The third-order valence-electron chi connectivity index (χ3n) is 6.35. The molecule has 0 aliphatic heterocycles. The molecule has 2 heterocycles. The van der Waals surface area contributed by atoms with Crippen LogP contribution in [0.2, 0.25) is 0 Å². The van der Waals surface area contributed by atoms with E-state index < -0.39 is 0 Å². The number of nitrogens with one attached hydrogen (secondary N) is 1. The number of nitrogens with zero attached hydrogens (tertiary/aromatic N) is 4. The molecule has 0 bridgehead atoms. The zero-order valence-corrected chi connectivity index (χ0v) is 19.0. The summed E-state index contributed by atoms with van der Waals surface area (Å²) in [6, 6.07) is 8.40. The Kier molecular flexibility index (Phi) is 5.45. The summed E-state index contributed by atoms with van der Waals surface area (Å²) in [6.07, 6.45) is 4.15. The molecular weight excluding hydrogens is 374 g/mol. The summed E-state index contributed by atoms with van der Waals surface area (Å²) in [5.74, 6) is 0.859. The van der Waals surface area contributed by atoms with Gasteiger partial charge in [0.25, 0.3) is 0 Å². The van der Waals surface area contributed by atoms with E-state index in [0.29, 0.717) is 0 Å². The van der Waals surface area contributed by atoms with Crippen LogP contribution in [-0.2, 0) is 19.5 Å². The van der Waals surface area contributed by atoms with Crippen molar-refractivity contribution >= 4 is 0 Å². The van der Waals surface area contributed by atoms with Gasteiger partial charge in [-0.25, -0.2) is 4.68 Å². The third-order valence-corrected chi connectivity index (χ3v) is 6.35. The molecule has 0 unspecified atom stereocenters. The number of ether oxygens (including phenoxy) is 1. The standard InChI is InChI=1S/C24H33N5O/c1-7-28-17(3)20(16(2)27-28)14-25-22-12-24(4,5)13-23-21(22)15-26-29(23)18-8-10-19(30-6)11-9-18/h8-11,15,22,25H,7,12-14H2,1-6H3/t22-/m1/s1. The van der Waals surface area contributed by atoms with E-state index in [0.717, 1.165) is 43.1 Å². The molecule has 1 aliphatic rings. The van der Waals surface area contributed by atoms with Crippen LogP contribution in [0.3, 0.4) is 0 Å². The number of fused-ring (bicyclic) bond motifs is 1. The highest BCUT2D eigenvalue weighted by Crippen LogP contribution is 2.41. The van der Waals surface area contributed by atoms with Crippen LogP contribution in [0.15, 0.2) is 30.5 Å². The molecule has 6 heteroatoms. The van der Waals surface area contributed by atoms with Crippen molar-refractivity contribution in [3.63, 3.8) is 0 Å². The van der Waals surface area contributed by atoms with Gasteiger partial charge in [-0.2, -0.15) is 10.2 Å². The van der Waals surface area contributed by atoms with Crippen molar-refractivity contribution in [1.82, 2.24) is 24.9 Å². The van der Waals surface area contributed by atoms with Gasteiger partial charge in [0.2, 0.25) is 0 Å². The zero-order valence-electron chi connectivity index (χ0n) is 19.0. The second kappa shape index (κ2) is 7.91. The second-order valence-corrected chi connectivity index (χ2v) is 9.10. The number of hydrogen-bond acceptors (Lipinski definition) is 4. The lowest BCUT2D eigenvalue weighted by Gasteiger charge is -2.36. The highest BCUT2D eigenvalue weighted by Gasteiger charge is 2.35. The molecule has 1 N–H and O–H groups in total. The smallest absolute Gasteiger partial charge is 0.119 e. The molecule has 1 atom stereocenters. The first-order valence-corrected chi connectivity index (χ1v) is 10.8. The maximum atomic E-state index is 5.31. The van der Waals surface area contributed by atoms with Gasteiger partial charge in [-0.1, -0.05) is 13.8 Å². The van der Waals surface area contributed by atoms with E-state index in [4.69, 9.17) is 9.84 Å². The van der Waals surface area contributed by atoms with E-state index in [-0.39, 0.29) is 11.5 Å². The van der Waals surface area contributed by atoms with Crippen LogP contribution >= 0.6 is 0 Å². The molecule has 1 aliphatic carbocycles. The SMILES string of the molecule is CCn1nc(C)c(CN[C@@H]2CC(C)(C)Cc3c2cnn3-c2ccc(OC)cc2)c1C. The summed E-state index contributed by atoms with van der Waals surface area (Å²) < 4.78 is 9.49. The molecule has 3 aromatic rings. The summed E-state index contributed by atoms with van der Waals surface area (Å²) in [5, 5.41) is 13.3. The zero-order chi connectivity index (χ0) is 21.5. The number of methoxy groups -OCH3 is 1. The molecule has 160 valence electrons. The van der Waals surface area contributed by atoms with Gasteiger partial charge in [0.1, 0.15) is 5.75 Å². The van der Waals surface area contributed by atoms with Gasteiger partial charge in [0.15, 0.2) is 0 Å². The van der Waals surface area contributed by atoms with Crippen molar-refractivity contribution < 1.29 is 4.74 Å². The minimum atomic E-state index is 0.201. The van der Waals surface area contributed by atoms with Crippen LogP contribution in [0.5, 0.6) is 5.75 Å². The Bertz CT molecular complexity index is 1030. The molecule has 0 saturated heterocycles. The van der Waals surface area contributed by atoms with E-state index in [9.17, 15) is 0 Å². The normalized spacial score (nSPS) is 17.7. The van der Waals surface area contributed by atoms with Gasteiger partial charge >= 0.3 is 0 Å². The van der Waals surface area contributed by atoms with Crippen molar-refractivity contribution in [2.75, 3.05) is 7.11 Å². The minimum Gasteiger partial charge on any atom is -0.497 e. The van der Waals surface area contributed by atoms with Crippen LogP contribution in [0.1, 0.15) is 61.4 Å². The van der Waals surface area contributed by atoms with Gasteiger partial charge in [-0.3, -0.25) is 4.68 Å². The molecular formula is C24H33N5O. The highest BCUT2D eigenvalue weighted by atomic mass is 16.5. The van der Waals surface area contributed by atoms with E-state index in [1.165, 1.54) is 22.5 Å². The Morgan fingerprint density at radius 3 is 2.57 bits per heavy atom. The Hall–Kier alpha value is -2.60. The van der Waals surface area contributed by atoms with Crippen LogP contribution in [0, 0.1) is 19.3 Å². The summed E-state index contributed by atoms with van der Waals surface area (Å²) in [7, 11) is 1.69. The molecule has 4 rings (SSSR count). The average Bonchev–Trinajstić information content (AvgIpc) is 3.25. The number of benzene rings is 1. The minimum absolute atomic E-state index is 0.201. The fourth-order valence-electron chi connectivity index (χ4n) is 4.69. The van der Waals surface area contributed by atoms with Crippen LogP contribution in [-0.4, -0.2) is 26.7 Å². The maximum Gasteiger partial charge on any atom is 0.119 e. The molecule has 0 radical (unpaired) electrons. The fraction of sp³-hybridized carbons (Fsp3) is 0.500. The molecule has 0 amide bonds. The Balaban J connectivity index is 1.62. The molecule has 30 heavy (non-hydrogen) atoms. The first-order chi connectivity index (χ1) is 14.3. The maximum absolute atomic E-state index is 5.31. The average molecular weight is 408 g/mol. The van der Waals surface area contributed by atoms with Crippen LogP contribution < -0.4 is 10.1 Å². The summed E-state index contributed by atoms with van der Waals surface area (Å²) in [5.41, 5.74) is 7.56. The number of aryl methyl sites for hydroxylation is 2. The highest BCUT2D eigenvalue weighted by molar-refractivity contribution is 5.41. The summed E-state index contributed by atoms with van der Waals surface area (Å²) in [4.78, 5) is 0. The second-order valence-electron chi connectivity index (χ2n) is 9.10. The van der Waals surface area contributed by atoms with Crippen molar-refractivity contribution in [3.8, 4) is 11.4 Å². The molecule has 1 aromatic carbocycles. The van der Waals surface area contributed by atoms with E-state index >= 15 is 0 Å². The van der Waals surface area contributed by atoms with E-state index in [1.807, 2.05) is 18.3 Å². The lowest BCUT2D eigenvalue weighted by atomic mass is 9.74. The Morgan fingerprint density at radius 2 is 1.93 bits per heavy atom. The quantitative estimate of drug-likeness (QED) is 0.653. The van der Waals surface area contributed by atoms with Crippen molar-refractivity contribution in [2.45, 2.75) is 66.6 Å². The third kappa shape index (κ3) is 3.76. The lowest BCUT2D eigenvalue weighted by Crippen LogP contribution is -2.33. The first kappa shape index (κ1) is 20.7. The number of hydrogen-bond donors (Lipinski definition) is 1. The Morgan fingerprint density at radius 1 is 1.20 bits per heavy atom. The molecule has 2 aromatic heterocycles. The predicted octanol–water partition coefficient (Wildman–Crippen LogP) is 4.52.